The van der Waals surface area contributed by atoms with Gasteiger partial charge in [-0.15, -0.1) is 0 Å². The fourth-order valence-corrected chi connectivity index (χ4v) is 3.72. The molecule has 0 aliphatic heterocycles. The first-order valence-corrected chi connectivity index (χ1v) is 7.79. The largest absolute Gasteiger partial charge is 0.469 e. The lowest BCUT2D eigenvalue weighted by Gasteiger charge is -1.98. The van der Waals surface area contributed by atoms with Gasteiger partial charge in [0.2, 0.25) is 0 Å². The molecule has 0 unspecified atom stereocenters. The third kappa shape index (κ3) is 3.84. The molecule has 2 aromatic carbocycles. The third-order valence-corrected chi connectivity index (χ3v) is 5.12. The predicted molar refractivity (Wildman–Crippen MR) is 66.0 cm³/mol. The quantitative estimate of drug-likeness (QED) is 0.549. The van der Waals surface area contributed by atoms with E-state index >= 15 is 0 Å². The number of hydrogen-bond donors (Lipinski definition) is 0. The molecular weight excluding hydrogens is 339 g/mol. The van der Waals surface area contributed by atoms with Crippen LogP contribution in [0, 0.1) is 7.14 Å². The van der Waals surface area contributed by atoms with Gasteiger partial charge in [0.1, 0.15) is 0 Å². The highest BCUT2D eigenvalue weighted by atomic mass is 127. The molecule has 0 bridgehead atoms. The molecular formula is C15H14IO2+. The van der Waals surface area contributed by atoms with Crippen molar-refractivity contribution in [2.24, 2.45) is 0 Å². The van der Waals surface area contributed by atoms with Crippen molar-refractivity contribution in [2.75, 3.05) is 7.11 Å². The van der Waals surface area contributed by atoms with E-state index in [4.69, 9.17) is 0 Å². The summed E-state index contributed by atoms with van der Waals surface area (Å²) >= 11 is -0.125. The summed E-state index contributed by atoms with van der Waals surface area (Å²) in [6.07, 6.45) is 0.348. The van der Waals surface area contributed by atoms with Crippen LogP contribution in [0.3, 0.4) is 0 Å². The number of halogens is 1. The van der Waals surface area contributed by atoms with E-state index in [-0.39, 0.29) is 27.2 Å². The zero-order valence-corrected chi connectivity index (χ0v) is 12.3. The van der Waals surface area contributed by atoms with Gasteiger partial charge < -0.3 is 4.74 Å². The van der Waals surface area contributed by atoms with E-state index in [0.29, 0.717) is 6.42 Å². The summed E-state index contributed by atoms with van der Waals surface area (Å²) in [4.78, 5) is 11.1. The standard InChI is InChI=1S/C15H14IO2/c1-18-15(17)11-12-7-9-14(10-8-12)16-13-5-3-2-4-6-13/h2-10H,11H2,1H3/q+1. The minimum Gasteiger partial charge on any atom is -0.469 e. The van der Waals surface area contributed by atoms with Gasteiger partial charge in [-0.1, -0.05) is 30.3 Å². The molecule has 0 aliphatic carbocycles. The molecule has 18 heavy (non-hydrogen) atoms. The van der Waals surface area contributed by atoms with Crippen LogP contribution >= 0.6 is 0 Å². The molecule has 0 fully saturated rings. The number of esters is 1. The maximum absolute atomic E-state index is 11.1. The molecule has 0 atom stereocenters. The number of methoxy groups -OCH3 is 1. The van der Waals surface area contributed by atoms with E-state index in [1.54, 1.807) is 0 Å². The average molecular weight is 353 g/mol. The van der Waals surface area contributed by atoms with E-state index in [9.17, 15) is 4.79 Å². The number of hydrogen-bond acceptors (Lipinski definition) is 2. The normalized spacial score (nSPS) is 10.1. The molecule has 2 nitrogen and oxygen atoms in total. The Balaban J connectivity index is 2.02. The lowest BCUT2D eigenvalue weighted by Crippen LogP contribution is -3.61. The maximum atomic E-state index is 11.1. The van der Waals surface area contributed by atoms with Crippen LogP contribution in [0.2, 0.25) is 0 Å². The number of carbonyl (C=O) groups is 1. The minimum absolute atomic E-state index is 0.125. The van der Waals surface area contributed by atoms with Crippen LogP contribution in [0.1, 0.15) is 5.56 Å². The minimum atomic E-state index is -0.194. The van der Waals surface area contributed by atoms with Crippen molar-refractivity contribution in [3.05, 3.63) is 67.3 Å². The summed E-state index contributed by atoms with van der Waals surface area (Å²) in [5.74, 6) is -0.194. The van der Waals surface area contributed by atoms with Crippen LogP contribution in [-0.2, 0) is 16.0 Å². The molecule has 2 aromatic rings. The number of benzene rings is 2. The van der Waals surface area contributed by atoms with Gasteiger partial charge in [0, 0.05) is 0 Å². The number of carbonyl (C=O) groups excluding carboxylic acids is 1. The van der Waals surface area contributed by atoms with Crippen molar-refractivity contribution >= 4 is 5.97 Å². The summed E-state index contributed by atoms with van der Waals surface area (Å²) in [6, 6.07) is 18.7. The van der Waals surface area contributed by atoms with Gasteiger partial charge in [0.15, 0.2) is 7.14 Å². The predicted octanol–water partition coefficient (Wildman–Crippen LogP) is -0.469. The Morgan fingerprint density at radius 2 is 1.61 bits per heavy atom. The molecule has 0 amide bonds. The van der Waals surface area contributed by atoms with E-state index in [2.05, 4.69) is 41.1 Å². The van der Waals surface area contributed by atoms with E-state index < -0.39 is 0 Å². The highest BCUT2D eigenvalue weighted by Gasteiger charge is 2.14. The Morgan fingerprint density at radius 1 is 1.00 bits per heavy atom. The zero-order valence-electron chi connectivity index (χ0n) is 10.1. The summed E-state index contributed by atoms with van der Waals surface area (Å²) < 4.78 is 7.40. The summed E-state index contributed by atoms with van der Waals surface area (Å²) in [6.45, 7) is 0. The van der Waals surface area contributed by atoms with Gasteiger partial charge in [-0.3, -0.25) is 4.79 Å². The van der Waals surface area contributed by atoms with Crippen LogP contribution < -0.4 is 21.2 Å². The van der Waals surface area contributed by atoms with Crippen molar-refractivity contribution in [3.8, 4) is 0 Å². The number of rotatable bonds is 4. The van der Waals surface area contributed by atoms with Gasteiger partial charge in [-0.05, 0) is 29.8 Å². The lowest BCUT2D eigenvalue weighted by atomic mass is 10.2. The van der Waals surface area contributed by atoms with Crippen LogP contribution in [0.5, 0.6) is 0 Å². The first-order valence-electron chi connectivity index (χ1n) is 5.63. The Morgan fingerprint density at radius 3 is 2.22 bits per heavy atom. The maximum Gasteiger partial charge on any atom is 0.357 e. The highest BCUT2D eigenvalue weighted by molar-refractivity contribution is 5.72. The Labute approximate surface area is 117 Å². The van der Waals surface area contributed by atoms with Crippen LogP contribution in [0.15, 0.2) is 54.6 Å². The second kappa shape index (κ2) is 6.54. The highest BCUT2D eigenvalue weighted by Crippen LogP contribution is 2.00. The van der Waals surface area contributed by atoms with E-state index in [1.165, 1.54) is 14.3 Å². The molecule has 0 saturated carbocycles. The van der Waals surface area contributed by atoms with E-state index in [1.807, 2.05) is 18.2 Å². The molecule has 92 valence electrons. The molecule has 0 N–H and O–H groups in total. The van der Waals surface area contributed by atoms with Gasteiger partial charge in [-0.2, -0.15) is 0 Å². The van der Waals surface area contributed by atoms with Gasteiger partial charge >= 0.3 is 27.2 Å². The van der Waals surface area contributed by atoms with Crippen molar-refractivity contribution in [1.29, 1.82) is 0 Å². The molecule has 0 aromatic heterocycles. The smallest absolute Gasteiger partial charge is 0.357 e. The summed E-state index contributed by atoms with van der Waals surface area (Å²) in [5.41, 5.74) is 1.00. The van der Waals surface area contributed by atoms with Gasteiger partial charge in [0.05, 0.1) is 13.5 Å². The second-order valence-electron chi connectivity index (χ2n) is 3.77. The van der Waals surface area contributed by atoms with Crippen LogP contribution in [0.25, 0.3) is 0 Å². The van der Waals surface area contributed by atoms with Crippen molar-refractivity contribution in [2.45, 2.75) is 6.42 Å². The van der Waals surface area contributed by atoms with Crippen LogP contribution in [0.4, 0.5) is 0 Å². The first-order chi connectivity index (χ1) is 8.78. The molecule has 0 aliphatic rings. The van der Waals surface area contributed by atoms with Gasteiger partial charge in [-0.25, -0.2) is 0 Å². The molecule has 2 rings (SSSR count). The topological polar surface area (TPSA) is 26.3 Å². The van der Waals surface area contributed by atoms with Crippen molar-refractivity contribution < 1.29 is 30.7 Å². The van der Waals surface area contributed by atoms with Gasteiger partial charge in [0.25, 0.3) is 0 Å². The zero-order chi connectivity index (χ0) is 12.8. The van der Waals surface area contributed by atoms with Crippen molar-refractivity contribution in [3.63, 3.8) is 0 Å². The third-order valence-electron chi connectivity index (χ3n) is 2.44. The fraction of sp³-hybridized carbons (Fsp3) is 0.133. The summed E-state index contributed by atoms with van der Waals surface area (Å²) in [7, 11) is 1.41. The molecule has 0 radical (unpaired) electrons. The number of ether oxygens (including phenoxy) is 1. The Kier molecular flexibility index (Phi) is 4.75. The second-order valence-corrected chi connectivity index (χ2v) is 6.80. The Bertz CT molecular complexity index is 506. The molecule has 0 heterocycles. The first kappa shape index (κ1) is 13.1. The molecule has 3 heteroatoms. The lowest BCUT2D eigenvalue weighted by molar-refractivity contribution is -0.597. The SMILES string of the molecule is COC(=O)Cc1ccc([I+]c2ccccc2)cc1. The Hall–Kier alpha value is -1.36. The van der Waals surface area contributed by atoms with Crippen molar-refractivity contribution in [1.82, 2.24) is 0 Å². The average Bonchev–Trinajstić information content (AvgIpc) is 2.42. The van der Waals surface area contributed by atoms with E-state index in [0.717, 1.165) is 5.56 Å². The fourth-order valence-electron chi connectivity index (χ4n) is 1.51. The summed E-state index contributed by atoms with van der Waals surface area (Å²) in [5, 5.41) is 0. The molecule has 0 spiro atoms. The molecule has 0 saturated heterocycles. The van der Waals surface area contributed by atoms with Crippen LogP contribution in [-0.4, -0.2) is 13.1 Å². The monoisotopic (exact) mass is 353 g/mol.